The molecule has 5 fully saturated rings. The van der Waals surface area contributed by atoms with Crippen LogP contribution in [0.25, 0.3) is 0 Å². The van der Waals surface area contributed by atoms with Gasteiger partial charge in [-0.15, -0.1) is 0 Å². The Bertz CT molecular complexity index is 667. The number of carbonyl (C=O) groups excluding carboxylic acids is 2. The van der Waals surface area contributed by atoms with Crippen molar-refractivity contribution in [3.63, 3.8) is 0 Å². The summed E-state index contributed by atoms with van der Waals surface area (Å²) < 4.78 is 6.37. The molecule has 8 unspecified atom stereocenters. The summed E-state index contributed by atoms with van der Waals surface area (Å²) in [6.45, 7) is 12.5. The third-order valence-corrected chi connectivity index (χ3v) is 9.06. The standard InChI is InChI=1S/C22H32O4/c1-6-21-15(13(3)20(4,5)26-18(21)11-23)10-17(24)22-8-7-14(9-16(21)22)12(2)19(22)25/h11,13-18,24H,2,6-10H2,1,3-5H3. The van der Waals surface area contributed by atoms with Gasteiger partial charge in [0, 0.05) is 5.41 Å². The minimum Gasteiger partial charge on any atom is -0.392 e. The summed E-state index contributed by atoms with van der Waals surface area (Å²) in [5, 5.41) is 11.3. The number of Topliss-reactive ketones (excluding diaryl/α,β-unsaturated/α-hetero) is 1. The second kappa shape index (κ2) is 5.51. The highest BCUT2D eigenvalue weighted by Gasteiger charge is 2.72. The Kier molecular flexibility index (Phi) is 3.89. The molecule has 1 spiro atoms. The number of rotatable bonds is 2. The molecule has 4 aliphatic carbocycles. The Balaban J connectivity index is 1.91. The van der Waals surface area contributed by atoms with Crippen LogP contribution in [-0.2, 0) is 14.3 Å². The van der Waals surface area contributed by atoms with E-state index in [1.54, 1.807) is 0 Å². The molecule has 0 aromatic heterocycles. The number of aldehydes is 1. The van der Waals surface area contributed by atoms with Crippen LogP contribution in [0.5, 0.6) is 0 Å². The lowest BCUT2D eigenvalue weighted by molar-refractivity contribution is -0.287. The second-order valence-corrected chi connectivity index (χ2v) is 9.81. The summed E-state index contributed by atoms with van der Waals surface area (Å²) in [5.74, 6) is 0.647. The lowest BCUT2D eigenvalue weighted by Crippen LogP contribution is -2.73. The predicted molar refractivity (Wildman–Crippen MR) is 98.4 cm³/mol. The van der Waals surface area contributed by atoms with E-state index in [1.807, 2.05) is 13.8 Å². The molecule has 144 valence electrons. The van der Waals surface area contributed by atoms with Crippen molar-refractivity contribution in [1.82, 2.24) is 0 Å². The van der Waals surface area contributed by atoms with Gasteiger partial charge in [-0.2, -0.15) is 0 Å². The van der Waals surface area contributed by atoms with Gasteiger partial charge in [-0.3, -0.25) is 4.79 Å². The van der Waals surface area contributed by atoms with E-state index in [-0.39, 0.29) is 34.9 Å². The Labute approximate surface area is 156 Å². The predicted octanol–water partition coefficient (Wildman–Crippen LogP) is 3.32. The van der Waals surface area contributed by atoms with Gasteiger partial charge < -0.3 is 14.6 Å². The Morgan fingerprint density at radius 2 is 2.04 bits per heavy atom. The van der Waals surface area contributed by atoms with Crippen molar-refractivity contribution in [3.8, 4) is 0 Å². The summed E-state index contributed by atoms with van der Waals surface area (Å²) in [7, 11) is 0. The highest BCUT2D eigenvalue weighted by atomic mass is 16.5. The fraction of sp³-hybridized carbons (Fsp3) is 0.818. The fourth-order valence-corrected chi connectivity index (χ4v) is 7.42. The van der Waals surface area contributed by atoms with Crippen LogP contribution in [0.1, 0.15) is 59.8 Å². The maximum absolute atomic E-state index is 13.3. The van der Waals surface area contributed by atoms with Gasteiger partial charge in [0.2, 0.25) is 0 Å². The molecule has 4 heteroatoms. The molecule has 1 aliphatic heterocycles. The maximum atomic E-state index is 13.3. The van der Waals surface area contributed by atoms with Crippen molar-refractivity contribution < 1.29 is 19.4 Å². The van der Waals surface area contributed by atoms with Crippen LogP contribution in [0.15, 0.2) is 12.2 Å². The number of hydrogen-bond donors (Lipinski definition) is 1. The molecule has 0 radical (unpaired) electrons. The first-order valence-electron chi connectivity index (χ1n) is 10.2. The van der Waals surface area contributed by atoms with Crippen LogP contribution in [0.2, 0.25) is 0 Å². The summed E-state index contributed by atoms with van der Waals surface area (Å²) in [6, 6.07) is 0. The third kappa shape index (κ3) is 1.88. The Morgan fingerprint density at radius 1 is 1.35 bits per heavy atom. The molecule has 0 aromatic rings. The molecular weight excluding hydrogens is 328 g/mol. The Morgan fingerprint density at radius 3 is 2.65 bits per heavy atom. The van der Waals surface area contributed by atoms with Crippen molar-refractivity contribution >= 4 is 12.1 Å². The minimum absolute atomic E-state index is 0.000694. The lowest BCUT2D eigenvalue weighted by atomic mass is 9.36. The minimum atomic E-state index is -0.760. The molecule has 4 saturated carbocycles. The first-order valence-corrected chi connectivity index (χ1v) is 10.2. The molecule has 5 rings (SSSR count). The molecule has 4 nitrogen and oxygen atoms in total. The van der Waals surface area contributed by atoms with E-state index >= 15 is 0 Å². The van der Waals surface area contributed by atoms with Gasteiger partial charge in [-0.05, 0) is 75.2 Å². The van der Waals surface area contributed by atoms with E-state index in [1.165, 1.54) is 0 Å². The second-order valence-electron chi connectivity index (χ2n) is 9.81. The van der Waals surface area contributed by atoms with Crippen LogP contribution in [0.4, 0.5) is 0 Å². The van der Waals surface area contributed by atoms with Crippen LogP contribution >= 0.6 is 0 Å². The number of fused-ring (bicyclic) bond motifs is 3. The average molecular weight is 360 g/mol. The quantitative estimate of drug-likeness (QED) is 0.606. The van der Waals surface area contributed by atoms with E-state index in [4.69, 9.17) is 4.74 Å². The van der Waals surface area contributed by atoms with Gasteiger partial charge in [-0.1, -0.05) is 20.4 Å². The van der Waals surface area contributed by atoms with Crippen molar-refractivity contribution in [2.24, 2.45) is 34.5 Å². The number of ether oxygens (including phenoxy) is 1. The van der Waals surface area contributed by atoms with E-state index in [0.29, 0.717) is 12.0 Å². The fourth-order valence-electron chi connectivity index (χ4n) is 7.42. The number of aliphatic hydroxyl groups excluding tert-OH is 1. The molecule has 5 aliphatic rings. The largest absolute Gasteiger partial charge is 0.392 e. The highest BCUT2D eigenvalue weighted by molar-refractivity contribution is 6.02. The van der Waals surface area contributed by atoms with Crippen LogP contribution in [0, 0.1) is 34.5 Å². The monoisotopic (exact) mass is 360 g/mol. The highest BCUT2D eigenvalue weighted by Crippen LogP contribution is 2.70. The third-order valence-electron chi connectivity index (χ3n) is 9.06. The SMILES string of the molecule is C=C1C(=O)C23CCC1CC2C1(CC)C(C=O)OC(C)(C)C(C)C1CC3O. The molecule has 26 heavy (non-hydrogen) atoms. The first kappa shape index (κ1) is 18.4. The molecule has 2 bridgehead atoms. The van der Waals surface area contributed by atoms with Gasteiger partial charge in [0.1, 0.15) is 12.4 Å². The zero-order valence-electron chi connectivity index (χ0n) is 16.5. The summed E-state index contributed by atoms with van der Waals surface area (Å²) in [5.41, 5.74) is -0.848. The summed E-state index contributed by atoms with van der Waals surface area (Å²) in [6.07, 6.45) is 3.68. The van der Waals surface area contributed by atoms with Gasteiger partial charge >= 0.3 is 0 Å². The zero-order chi connectivity index (χ0) is 19.1. The van der Waals surface area contributed by atoms with Gasteiger partial charge in [0.05, 0.1) is 17.1 Å². The molecule has 1 N–H and O–H groups in total. The molecule has 1 heterocycles. The molecule has 8 atom stereocenters. The normalized spacial score (nSPS) is 52.3. The molecule has 0 amide bonds. The topological polar surface area (TPSA) is 63.6 Å². The van der Waals surface area contributed by atoms with E-state index in [2.05, 4.69) is 20.4 Å². The van der Waals surface area contributed by atoms with E-state index < -0.39 is 23.2 Å². The van der Waals surface area contributed by atoms with Crippen LogP contribution in [-0.4, -0.2) is 35.0 Å². The van der Waals surface area contributed by atoms with Gasteiger partial charge in [-0.25, -0.2) is 0 Å². The number of aliphatic hydroxyl groups is 1. The lowest BCUT2D eigenvalue weighted by Gasteiger charge is -2.70. The first-order chi connectivity index (χ1) is 12.2. The van der Waals surface area contributed by atoms with E-state index in [9.17, 15) is 14.7 Å². The number of hydrogen-bond acceptors (Lipinski definition) is 4. The van der Waals surface area contributed by atoms with Crippen molar-refractivity contribution in [1.29, 1.82) is 0 Å². The van der Waals surface area contributed by atoms with Crippen LogP contribution < -0.4 is 0 Å². The van der Waals surface area contributed by atoms with Crippen molar-refractivity contribution in [2.45, 2.75) is 77.6 Å². The summed E-state index contributed by atoms with van der Waals surface area (Å²) >= 11 is 0. The molecule has 0 aromatic carbocycles. The number of carbonyl (C=O) groups is 2. The average Bonchev–Trinajstić information content (AvgIpc) is 2.62. The molecule has 1 saturated heterocycles. The summed E-state index contributed by atoms with van der Waals surface area (Å²) in [4.78, 5) is 25.5. The van der Waals surface area contributed by atoms with Crippen molar-refractivity contribution in [3.05, 3.63) is 12.2 Å². The maximum Gasteiger partial charge on any atom is 0.167 e. The van der Waals surface area contributed by atoms with Gasteiger partial charge in [0.15, 0.2) is 5.78 Å². The Hall–Kier alpha value is -1.00. The number of ketones is 1. The van der Waals surface area contributed by atoms with Gasteiger partial charge in [0.25, 0.3) is 0 Å². The number of allylic oxidation sites excluding steroid dienone is 1. The van der Waals surface area contributed by atoms with Crippen molar-refractivity contribution in [2.75, 3.05) is 0 Å². The van der Waals surface area contributed by atoms with E-state index in [0.717, 1.165) is 32.0 Å². The smallest absolute Gasteiger partial charge is 0.167 e. The van der Waals surface area contributed by atoms with Crippen LogP contribution in [0.3, 0.4) is 0 Å². The zero-order valence-corrected chi connectivity index (χ0v) is 16.5. The molecular formula is C22H32O4.